The molecule has 0 aliphatic carbocycles. The fourth-order valence-electron chi connectivity index (χ4n) is 0.976. The summed E-state index contributed by atoms with van der Waals surface area (Å²) in [6, 6.07) is 0. The zero-order valence-corrected chi connectivity index (χ0v) is 11.3. The van der Waals surface area contributed by atoms with Gasteiger partial charge in [0.05, 0.1) is 0 Å². The molecule has 0 aliphatic heterocycles. The molecular formula is C10H21NO3Si. The van der Waals surface area contributed by atoms with E-state index in [0.29, 0.717) is 12.1 Å². The maximum absolute atomic E-state index is 11.7. The van der Waals surface area contributed by atoms with Crippen molar-refractivity contribution in [1.29, 1.82) is 0 Å². The Labute approximate surface area is 92.8 Å². The first-order valence-corrected chi connectivity index (χ1v) is 8.65. The van der Waals surface area contributed by atoms with Crippen molar-refractivity contribution < 1.29 is 14.1 Å². The maximum Gasteiger partial charge on any atom is 0.342 e. The molecule has 0 unspecified atom stereocenters. The highest BCUT2D eigenvalue weighted by atomic mass is 28.4. The molecule has 0 bridgehead atoms. The fourth-order valence-corrected chi connectivity index (χ4v) is 1.65. The van der Waals surface area contributed by atoms with Gasteiger partial charge in [-0.1, -0.05) is 18.5 Å². The van der Waals surface area contributed by atoms with Crippen LogP contribution in [0.3, 0.4) is 0 Å². The molecule has 15 heavy (non-hydrogen) atoms. The molecule has 0 rings (SSSR count). The number of nitrogens with zero attached hydrogens (tertiary/aromatic N) is 1. The minimum atomic E-state index is -1.84. The number of hydrogen-bond acceptors (Lipinski definition) is 4. The molecule has 0 fully saturated rings. The van der Waals surface area contributed by atoms with Gasteiger partial charge in [-0.15, -0.1) is 0 Å². The van der Waals surface area contributed by atoms with Crippen molar-refractivity contribution >= 4 is 20.0 Å². The quantitative estimate of drug-likeness (QED) is 0.401. The third-order valence-corrected chi connectivity index (χ3v) is 2.40. The fraction of sp³-hybridized carbons (Fsp3) is 0.800. The molecule has 0 amide bonds. The van der Waals surface area contributed by atoms with Gasteiger partial charge in [0.2, 0.25) is 8.32 Å². The summed E-state index contributed by atoms with van der Waals surface area (Å²) in [5.74, 6) is -0.329. The predicted molar refractivity (Wildman–Crippen MR) is 63.4 cm³/mol. The Kier molecular flexibility index (Phi) is 6.23. The first-order chi connectivity index (χ1) is 6.90. The Morgan fingerprint density at radius 1 is 1.33 bits per heavy atom. The van der Waals surface area contributed by atoms with E-state index in [4.69, 9.17) is 4.43 Å². The first kappa shape index (κ1) is 14.2. The topological polar surface area (TPSA) is 47.9 Å². The highest BCUT2D eigenvalue weighted by Crippen LogP contribution is 2.07. The molecule has 0 aromatic heterocycles. The van der Waals surface area contributed by atoms with E-state index in [-0.39, 0.29) is 5.97 Å². The molecule has 0 atom stereocenters. The van der Waals surface area contributed by atoms with Gasteiger partial charge in [0.1, 0.15) is 7.11 Å². The van der Waals surface area contributed by atoms with Gasteiger partial charge in [0, 0.05) is 6.42 Å². The lowest BCUT2D eigenvalue weighted by Gasteiger charge is -2.17. The third kappa shape index (κ3) is 7.13. The second kappa shape index (κ2) is 6.61. The van der Waals surface area contributed by atoms with E-state index < -0.39 is 8.32 Å². The van der Waals surface area contributed by atoms with Crippen molar-refractivity contribution in [2.45, 2.75) is 45.8 Å². The molecule has 0 heterocycles. The Morgan fingerprint density at radius 2 is 1.93 bits per heavy atom. The van der Waals surface area contributed by atoms with E-state index in [9.17, 15) is 4.79 Å². The normalized spacial score (nSPS) is 12.5. The Balaban J connectivity index is 4.37. The average molecular weight is 231 g/mol. The molecule has 0 aromatic carbocycles. The SMILES string of the molecule is CCCCC(=NOC)C(=O)O[Si](C)(C)C. The number of unbranched alkanes of at least 4 members (excludes halogenated alkanes) is 1. The van der Waals surface area contributed by atoms with E-state index in [1.807, 2.05) is 19.6 Å². The van der Waals surface area contributed by atoms with Crippen LogP contribution < -0.4 is 0 Å². The lowest BCUT2D eigenvalue weighted by molar-refractivity contribution is -0.128. The number of hydrogen-bond donors (Lipinski definition) is 0. The highest BCUT2D eigenvalue weighted by Gasteiger charge is 2.23. The van der Waals surface area contributed by atoms with Gasteiger partial charge in [-0.25, -0.2) is 4.79 Å². The van der Waals surface area contributed by atoms with Crippen LogP contribution in [-0.2, 0) is 14.1 Å². The lowest BCUT2D eigenvalue weighted by atomic mass is 10.2. The van der Waals surface area contributed by atoms with E-state index in [1.165, 1.54) is 7.11 Å². The van der Waals surface area contributed by atoms with Crippen molar-refractivity contribution in [1.82, 2.24) is 0 Å². The average Bonchev–Trinajstić information content (AvgIpc) is 2.09. The lowest BCUT2D eigenvalue weighted by Crippen LogP contribution is -2.33. The molecule has 0 aromatic rings. The standard InChI is InChI=1S/C10H21NO3Si/c1-6-7-8-9(11-13-2)10(12)14-15(3,4)5/h6-8H2,1-5H3. The molecule has 0 N–H and O–H groups in total. The van der Waals surface area contributed by atoms with Gasteiger partial charge >= 0.3 is 5.97 Å². The van der Waals surface area contributed by atoms with E-state index in [0.717, 1.165) is 12.8 Å². The minimum Gasteiger partial charge on any atom is -0.515 e. The van der Waals surface area contributed by atoms with Gasteiger partial charge in [-0.2, -0.15) is 0 Å². The molecule has 0 saturated carbocycles. The van der Waals surface area contributed by atoms with Crippen LogP contribution in [-0.4, -0.2) is 27.1 Å². The number of carbonyl (C=O) groups excluding carboxylic acids is 1. The zero-order valence-electron chi connectivity index (χ0n) is 10.3. The van der Waals surface area contributed by atoms with Crippen molar-refractivity contribution in [3.63, 3.8) is 0 Å². The van der Waals surface area contributed by atoms with Crippen LogP contribution in [0.25, 0.3) is 0 Å². The Hall–Kier alpha value is -0.843. The molecule has 0 aliphatic rings. The summed E-state index contributed by atoms with van der Waals surface area (Å²) < 4.78 is 5.34. The van der Waals surface area contributed by atoms with E-state index in [1.54, 1.807) is 0 Å². The first-order valence-electron chi connectivity index (χ1n) is 5.24. The number of oxime groups is 1. The molecule has 88 valence electrons. The summed E-state index contributed by atoms with van der Waals surface area (Å²) in [4.78, 5) is 16.3. The van der Waals surface area contributed by atoms with Crippen LogP contribution in [0.15, 0.2) is 5.16 Å². The van der Waals surface area contributed by atoms with Crippen LogP contribution in [0.5, 0.6) is 0 Å². The second-order valence-electron chi connectivity index (χ2n) is 4.33. The molecule has 0 radical (unpaired) electrons. The summed E-state index contributed by atoms with van der Waals surface area (Å²) in [6.07, 6.45) is 2.56. The molecule has 0 spiro atoms. The Morgan fingerprint density at radius 3 is 2.33 bits per heavy atom. The third-order valence-electron chi connectivity index (χ3n) is 1.60. The summed E-state index contributed by atoms with van der Waals surface area (Å²) in [5.41, 5.74) is 0.391. The minimum absolute atomic E-state index is 0.329. The van der Waals surface area contributed by atoms with Crippen molar-refractivity contribution in [3.05, 3.63) is 0 Å². The maximum atomic E-state index is 11.7. The molecule has 5 heteroatoms. The smallest absolute Gasteiger partial charge is 0.342 e. The van der Waals surface area contributed by atoms with Crippen molar-refractivity contribution in [2.24, 2.45) is 5.16 Å². The number of rotatable bonds is 6. The van der Waals surface area contributed by atoms with Crippen LogP contribution in [0.4, 0.5) is 0 Å². The predicted octanol–water partition coefficient (Wildman–Crippen LogP) is 2.56. The Bertz CT molecular complexity index is 233. The van der Waals surface area contributed by atoms with Crippen LogP contribution in [0.1, 0.15) is 26.2 Å². The van der Waals surface area contributed by atoms with Gasteiger partial charge < -0.3 is 9.26 Å². The second-order valence-corrected chi connectivity index (χ2v) is 8.75. The molecule has 0 saturated heterocycles. The molecular weight excluding hydrogens is 210 g/mol. The van der Waals surface area contributed by atoms with Gasteiger partial charge in [-0.05, 0) is 26.1 Å². The summed E-state index contributed by atoms with van der Waals surface area (Å²) >= 11 is 0. The van der Waals surface area contributed by atoms with Crippen molar-refractivity contribution in [2.75, 3.05) is 7.11 Å². The largest absolute Gasteiger partial charge is 0.515 e. The highest BCUT2D eigenvalue weighted by molar-refractivity contribution is 6.72. The van der Waals surface area contributed by atoms with Crippen LogP contribution >= 0.6 is 0 Å². The summed E-state index contributed by atoms with van der Waals surface area (Å²) in [7, 11) is -0.399. The van der Waals surface area contributed by atoms with E-state index in [2.05, 4.69) is 16.9 Å². The summed E-state index contributed by atoms with van der Waals surface area (Å²) in [5, 5.41) is 3.71. The number of carbonyl (C=O) groups is 1. The van der Waals surface area contributed by atoms with Crippen LogP contribution in [0, 0.1) is 0 Å². The van der Waals surface area contributed by atoms with Gasteiger partial charge in [0.25, 0.3) is 0 Å². The van der Waals surface area contributed by atoms with Gasteiger partial charge in [-0.3, -0.25) is 0 Å². The zero-order chi connectivity index (χ0) is 11.9. The van der Waals surface area contributed by atoms with Crippen molar-refractivity contribution in [3.8, 4) is 0 Å². The van der Waals surface area contributed by atoms with Gasteiger partial charge in [0.15, 0.2) is 5.71 Å². The van der Waals surface area contributed by atoms with E-state index >= 15 is 0 Å². The van der Waals surface area contributed by atoms with Crippen LogP contribution in [0.2, 0.25) is 19.6 Å². The molecule has 4 nitrogen and oxygen atoms in total. The monoisotopic (exact) mass is 231 g/mol. The summed E-state index contributed by atoms with van der Waals surface area (Å²) in [6.45, 7) is 7.97.